The summed E-state index contributed by atoms with van der Waals surface area (Å²) in [7, 11) is 0. The van der Waals surface area contributed by atoms with Gasteiger partial charge >= 0.3 is 5.97 Å². The molecule has 1 atom stereocenters. The predicted molar refractivity (Wildman–Crippen MR) is 50.5 cm³/mol. The first-order valence-corrected chi connectivity index (χ1v) is 4.35. The highest BCUT2D eigenvalue weighted by Crippen LogP contribution is 1.99. The zero-order valence-electron chi connectivity index (χ0n) is 7.74. The average Bonchev–Trinajstić information content (AvgIpc) is 2.10. The average molecular weight is 187 g/mol. The van der Waals surface area contributed by atoms with E-state index in [-0.39, 0.29) is 0 Å². The van der Waals surface area contributed by atoms with Gasteiger partial charge in [-0.15, -0.1) is 6.58 Å². The van der Waals surface area contributed by atoms with Crippen LogP contribution in [0.1, 0.15) is 19.3 Å². The van der Waals surface area contributed by atoms with Crippen molar-refractivity contribution in [3.63, 3.8) is 0 Å². The standard InChI is InChI=1S/C9H17NO3/c1-2-6-13-7-4-3-5-8(10)9(11)12/h2,8H,1,3-7,10H2,(H,11,12)/t8-/m0/s1. The molecular formula is C9H17NO3. The van der Waals surface area contributed by atoms with E-state index in [4.69, 9.17) is 15.6 Å². The van der Waals surface area contributed by atoms with Crippen LogP contribution in [0, 0.1) is 0 Å². The molecule has 0 aromatic carbocycles. The van der Waals surface area contributed by atoms with Crippen LogP contribution in [0.15, 0.2) is 12.7 Å². The molecule has 0 spiro atoms. The summed E-state index contributed by atoms with van der Waals surface area (Å²) >= 11 is 0. The number of carboxylic acids is 1. The van der Waals surface area contributed by atoms with Gasteiger partial charge < -0.3 is 15.6 Å². The normalized spacial score (nSPS) is 12.4. The van der Waals surface area contributed by atoms with E-state index in [0.29, 0.717) is 19.6 Å². The summed E-state index contributed by atoms with van der Waals surface area (Å²) in [4.78, 5) is 10.3. The second-order valence-electron chi connectivity index (χ2n) is 2.80. The molecule has 0 heterocycles. The Labute approximate surface area is 78.4 Å². The number of carboxylic acid groups (broad SMARTS) is 1. The number of aliphatic carboxylic acids is 1. The summed E-state index contributed by atoms with van der Waals surface area (Å²) < 4.78 is 5.12. The third-order valence-electron chi connectivity index (χ3n) is 1.61. The molecule has 0 aliphatic carbocycles. The molecule has 0 fully saturated rings. The number of unbranched alkanes of at least 4 members (excludes halogenated alkanes) is 1. The van der Waals surface area contributed by atoms with Gasteiger partial charge in [0.1, 0.15) is 6.04 Å². The van der Waals surface area contributed by atoms with Gasteiger partial charge in [0.15, 0.2) is 0 Å². The number of ether oxygens (including phenoxy) is 1. The molecule has 0 saturated heterocycles. The quantitative estimate of drug-likeness (QED) is 0.435. The Morgan fingerprint density at radius 2 is 2.31 bits per heavy atom. The van der Waals surface area contributed by atoms with Gasteiger partial charge in [-0.05, 0) is 19.3 Å². The van der Waals surface area contributed by atoms with Crippen LogP contribution in [-0.4, -0.2) is 30.3 Å². The highest BCUT2D eigenvalue weighted by atomic mass is 16.5. The Bertz CT molecular complexity index is 159. The second kappa shape index (κ2) is 7.76. The molecule has 0 aromatic heterocycles. The van der Waals surface area contributed by atoms with E-state index >= 15 is 0 Å². The van der Waals surface area contributed by atoms with E-state index < -0.39 is 12.0 Å². The molecule has 4 nitrogen and oxygen atoms in total. The lowest BCUT2D eigenvalue weighted by molar-refractivity contribution is -0.138. The molecule has 0 unspecified atom stereocenters. The molecule has 0 aliphatic heterocycles. The van der Waals surface area contributed by atoms with Gasteiger partial charge in [0, 0.05) is 6.61 Å². The first kappa shape index (κ1) is 12.1. The Morgan fingerprint density at radius 3 is 2.85 bits per heavy atom. The van der Waals surface area contributed by atoms with Crippen LogP contribution in [0.4, 0.5) is 0 Å². The Kier molecular flexibility index (Phi) is 7.24. The fourth-order valence-electron chi connectivity index (χ4n) is 0.859. The molecule has 0 aliphatic rings. The fourth-order valence-corrected chi connectivity index (χ4v) is 0.859. The van der Waals surface area contributed by atoms with E-state index in [1.54, 1.807) is 6.08 Å². The van der Waals surface area contributed by atoms with Crippen molar-refractivity contribution in [1.29, 1.82) is 0 Å². The lowest BCUT2D eigenvalue weighted by Gasteiger charge is -2.05. The molecule has 76 valence electrons. The van der Waals surface area contributed by atoms with Crippen LogP contribution in [0.25, 0.3) is 0 Å². The molecule has 13 heavy (non-hydrogen) atoms. The van der Waals surface area contributed by atoms with Crippen molar-refractivity contribution in [2.75, 3.05) is 13.2 Å². The lowest BCUT2D eigenvalue weighted by Crippen LogP contribution is -2.29. The monoisotopic (exact) mass is 187 g/mol. The number of carbonyl (C=O) groups is 1. The smallest absolute Gasteiger partial charge is 0.320 e. The first-order chi connectivity index (χ1) is 6.18. The molecule has 0 radical (unpaired) electrons. The maximum Gasteiger partial charge on any atom is 0.320 e. The maximum atomic E-state index is 10.3. The van der Waals surface area contributed by atoms with Crippen LogP contribution >= 0.6 is 0 Å². The molecule has 0 bridgehead atoms. The van der Waals surface area contributed by atoms with Gasteiger partial charge in [0.25, 0.3) is 0 Å². The van der Waals surface area contributed by atoms with Gasteiger partial charge in [-0.3, -0.25) is 4.79 Å². The topological polar surface area (TPSA) is 72.5 Å². The molecule has 0 aromatic rings. The SMILES string of the molecule is C=CCOCCCC[C@H](N)C(=O)O. The Balaban J connectivity index is 3.15. The van der Waals surface area contributed by atoms with Crippen LogP contribution in [0.5, 0.6) is 0 Å². The fraction of sp³-hybridized carbons (Fsp3) is 0.667. The number of nitrogens with two attached hydrogens (primary N) is 1. The largest absolute Gasteiger partial charge is 0.480 e. The maximum absolute atomic E-state index is 10.3. The van der Waals surface area contributed by atoms with Crippen molar-refractivity contribution < 1.29 is 14.6 Å². The van der Waals surface area contributed by atoms with E-state index in [2.05, 4.69) is 6.58 Å². The minimum Gasteiger partial charge on any atom is -0.480 e. The molecule has 0 amide bonds. The van der Waals surface area contributed by atoms with Crippen molar-refractivity contribution in [2.24, 2.45) is 5.73 Å². The zero-order chi connectivity index (χ0) is 10.1. The van der Waals surface area contributed by atoms with Crippen LogP contribution in [0.3, 0.4) is 0 Å². The van der Waals surface area contributed by atoms with E-state index in [9.17, 15) is 4.79 Å². The van der Waals surface area contributed by atoms with Crippen LogP contribution < -0.4 is 5.73 Å². The molecule has 4 heteroatoms. The number of hydrogen-bond acceptors (Lipinski definition) is 3. The summed E-state index contributed by atoms with van der Waals surface area (Å²) in [5.74, 6) is -0.938. The van der Waals surface area contributed by atoms with Crippen molar-refractivity contribution in [3.05, 3.63) is 12.7 Å². The van der Waals surface area contributed by atoms with Gasteiger partial charge in [-0.2, -0.15) is 0 Å². The number of hydrogen-bond donors (Lipinski definition) is 2. The van der Waals surface area contributed by atoms with Crippen LogP contribution in [0.2, 0.25) is 0 Å². The minimum atomic E-state index is -0.938. The molecule has 0 saturated carbocycles. The van der Waals surface area contributed by atoms with E-state index in [0.717, 1.165) is 12.8 Å². The Morgan fingerprint density at radius 1 is 1.62 bits per heavy atom. The third-order valence-corrected chi connectivity index (χ3v) is 1.61. The predicted octanol–water partition coefficient (Wildman–Crippen LogP) is 0.771. The summed E-state index contributed by atoms with van der Waals surface area (Å²) in [5.41, 5.74) is 5.30. The van der Waals surface area contributed by atoms with Gasteiger partial charge in [-0.1, -0.05) is 6.08 Å². The lowest BCUT2D eigenvalue weighted by atomic mass is 10.1. The summed E-state index contributed by atoms with van der Waals surface area (Å²) in [6.45, 7) is 4.69. The third kappa shape index (κ3) is 7.49. The van der Waals surface area contributed by atoms with Crippen LogP contribution in [-0.2, 0) is 9.53 Å². The van der Waals surface area contributed by atoms with Gasteiger partial charge in [-0.25, -0.2) is 0 Å². The second-order valence-corrected chi connectivity index (χ2v) is 2.80. The van der Waals surface area contributed by atoms with Crippen molar-refractivity contribution >= 4 is 5.97 Å². The summed E-state index contributed by atoms with van der Waals surface area (Å²) in [5, 5.41) is 8.45. The highest BCUT2D eigenvalue weighted by molar-refractivity contribution is 5.72. The minimum absolute atomic E-state index is 0.507. The van der Waals surface area contributed by atoms with E-state index in [1.165, 1.54) is 0 Å². The van der Waals surface area contributed by atoms with Crippen molar-refractivity contribution in [1.82, 2.24) is 0 Å². The molecule has 0 rings (SSSR count). The van der Waals surface area contributed by atoms with E-state index in [1.807, 2.05) is 0 Å². The van der Waals surface area contributed by atoms with Gasteiger partial charge in [0.05, 0.1) is 6.61 Å². The zero-order valence-corrected chi connectivity index (χ0v) is 7.74. The number of rotatable bonds is 8. The molecule has 3 N–H and O–H groups in total. The first-order valence-electron chi connectivity index (χ1n) is 4.35. The summed E-state index contributed by atoms with van der Waals surface area (Å²) in [6, 6.07) is -0.737. The highest BCUT2D eigenvalue weighted by Gasteiger charge is 2.09. The molecular weight excluding hydrogens is 170 g/mol. The van der Waals surface area contributed by atoms with Crippen molar-refractivity contribution in [3.8, 4) is 0 Å². The summed E-state index contributed by atoms with van der Waals surface area (Å²) in [6.07, 6.45) is 3.81. The Hall–Kier alpha value is -0.870. The van der Waals surface area contributed by atoms with Crippen molar-refractivity contribution in [2.45, 2.75) is 25.3 Å². The van der Waals surface area contributed by atoms with Gasteiger partial charge in [0.2, 0.25) is 0 Å².